The first-order chi connectivity index (χ1) is 9.91. The van der Waals surface area contributed by atoms with E-state index in [1.54, 1.807) is 30.3 Å². The fraction of sp³-hybridized carbons (Fsp3) is 0.143. The average molecular weight is 357 g/mol. The molecule has 7 heteroatoms. The molecule has 0 unspecified atom stereocenters. The molecule has 1 heterocycles. The summed E-state index contributed by atoms with van der Waals surface area (Å²) in [5.74, 6) is -0.330. The highest BCUT2D eigenvalue weighted by molar-refractivity contribution is 9.10. The number of pyridine rings is 1. The summed E-state index contributed by atoms with van der Waals surface area (Å²) < 4.78 is 43.9. The van der Waals surface area contributed by atoms with Gasteiger partial charge in [0.15, 0.2) is 0 Å². The van der Waals surface area contributed by atoms with E-state index in [1.165, 1.54) is 0 Å². The molecule has 0 bridgehead atoms. The molecule has 108 valence electrons. The molecule has 0 atom stereocenters. The van der Waals surface area contributed by atoms with Crippen molar-refractivity contribution in [3.63, 3.8) is 0 Å². The number of halogens is 4. The lowest BCUT2D eigenvalue weighted by molar-refractivity contribution is -0.141. The fourth-order valence-corrected chi connectivity index (χ4v) is 1.95. The second-order valence-electron chi connectivity index (χ2n) is 4.04. The minimum atomic E-state index is -4.58. The van der Waals surface area contributed by atoms with Gasteiger partial charge < -0.3 is 4.74 Å². The van der Waals surface area contributed by atoms with Crippen molar-refractivity contribution in [2.45, 2.75) is 12.8 Å². The Labute approximate surface area is 127 Å². The molecular formula is C14H8BrF3N2O. The molecule has 0 fully saturated rings. The van der Waals surface area contributed by atoms with Crippen LogP contribution in [0.5, 0.6) is 5.88 Å². The monoisotopic (exact) mass is 356 g/mol. The number of alkyl halides is 3. The van der Waals surface area contributed by atoms with Crippen LogP contribution in [-0.4, -0.2) is 4.98 Å². The standard InChI is InChI=1S/C14H8BrF3N2O/c15-11-4-2-1-3-10(11)8-21-13-9(7-19)5-6-12(20-13)14(16,17)18/h1-6H,8H2. The van der Waals surface area contributed by atoms with Crippen LogP contribution in [0.4, 0.5) is 13.2 Å². The molecular weight excluding hydrogens is 349 g/mol. The predicted octanol–water partition coefficient (Wildman–Crippen LogP) is 4.31. The van der Waals surface area contributed by atoms with Crippen molar-refractivity contribution in [3.05, 3.63) is 57.7 Å². The van der Waals surface area contributed by atoms with E-state index in [0.717, 1.165) is 22.2 Å². The van der Waals surface area contributed by atoms with Gasteiger partial charge in [0, 0.05) is 10.0 Å². The Morgan fingerprint density at radius 1 is 1.19 bits per heavy atom. The molecule has 0 saturated heterocycles. The smallest absolute Gasteiger partial charge is 0.433 e. The Balaban J connectivity index is 2.27. The van der Waals surface area contributed by atoms with Crippen molar-refractivity contribution >= 4 is 15.9 Å². The topological polar surface area (TPSA) is 45.9 Å². The van der Waals surface area contributed by atoms with Crippen LogP contribution in [0.2, 0.25) is 0 Å². The van der Waals surface area contributed by atoms with Crippen LogP contribution in [0.3, 0.4) is 0 Å². The van der Waals surface area contributed by atoms with Crippen LogP contribution in [0, 0.1) is 11.3 Å². The van der Waals surface area contributed by atoms with E-state index in [2.05, 4.69) is 20.9 Å². The fourth-order valence-electron chi connectivity index (χ4n) is 1.56. The molecule has 1 aromatic heterocycles. The van der Waals surface area contributed by atoms with Crippen molar-refractivity contribution in [2.75, 3.05) is 0 Å². The maximum Gasteiger partial charge on any atom is 0.433 e. The molecule has 2 rings (SSSR count). The van der Waals surface area contributed by atoms with Crippen molar-refractivity contribution in [2.24, 2.45) is 0 Å². The summed E-state index contributed by atoms with van der Waals surface area (Å²) in [4.78, 5) is 3.37. The third-order valence-corrected chi connectivity index (χ3v) is 3.37. The summed E-state index contributed by atoms with van der Waals surface area (Å²) in [6, 6.07) is 10.7. The molecule has 0 aliphatic heterocycles. The van der Waals surface area contributed by atoms with Crippen LogP contribution >= 0.6 is 15.9 Å². The van der Waals surface area contributed by atoms with Crippen LogP contribution in [0.1, 0.15) is 16.8 Å². The highest BCUT2D eigenvalue weighted by Crippen LogP contribution is 2.30. The third kappa shape index (κ3) is 3.73. The van der Waals surface area contributed by atoms with E-state index in [0.29, 0.717) is 0 Å². The zero-order valence-corrected chi connectivity index (χ0v) is 12.1. The molecule has 0 aliphatic rings. The molecule has 1 aromatic carbocycles. The Hall–Kier alpha value is -2.07. The van der Waals surface area contributed by atoms with Gasteiger partial charge in [0.2, 0.25) is 5.88 Å². The summed E-state index contributed by atoms with van der Waals surface area (Å²) in [6.45, 7) is 0.00438. The van der Waals surface area contributed by atoms with E-state index in [-0.39, 0.29) is 18.1 Å². The molecule has 0 saturated carbocycles. The highest BCUT2D eigenvalue weighted by Gasteiger charge is 2.33. The molecule has 0 N–H and O–H groups in total. The number of ether oxygens (including phenoxy) is 1. The molecule has 0 radical (unpaired) electrons. The number of hydrogen-bond donors (Lipinski definition) is 0. The van der Waals surface area contributed by atoms with E-state index >= 15 is 0 Å². The van der Waals surface area contributed by atoms with Gasteiger partial charge in [-0.15, -0.1) is 0 Å². The predicted molar refractivity (Wildman–Crippen MR) is 72.4 cm³/mol. The summed E-state index contributed by atoms with van der Waals surface area (Å²) in [6.07, 6.45) is -4.58. The summed E-state index contributed by atoms with van der Waals surface area (Å²) in [7, 11) is 0. The van der Waals surface area contributed by atoms with Crippen molar-refractivity contribution in [3.8, 4) is 11.9 Å². The normalized spacial score (nSPS) is 11.0. The van der Waals surface area contributed by atoms with E-state index in [1.807, 2.05) is 0 Å². The van der Waals surface area contributed by atoms with Crippen LogP contribution < -0.4 is 4.74 Å². The SMILES string of the molecule is N#Cc1ccc(C(F)(F)F)nc1OCc1ccccc1Br. The highest BCUT2D eigenvalue weighted by atomic mass is 79.9. The van der Waals surface area contributed by atoms with E-state index < -0.39 is 11.9 Å². The van der Waals surface area contributed by atoms with Gasteiger partial charge in [0.05, 0.1) is 0 Å². The maximum absolute atomic E-state index is 12.6. The number of benzene rings is 1. The molecule has 2 aromatic rings. The Morgan fingerprint density at radius 2 is 1.90 bits per heavy atom. The summed E-state index contributed by atoms with van der Waals surface area (Å²) >= 11 is 3.31. The molecule has 21 heavy (non-hydrogen) atoms. The Kier molecular flexibility index (Phi) is 4.48. The first-order valence-corrected chi connectivity index (χ1v) is 6.55. The van der Waals surface area contributed by atoms with Gasteiger partial charge in [-0.25, -0.2) is 4.98 Å². The lowest BCUT2D eigenvalue weighted by Crippen LogP contribution is -2.10. The zero-order valence-electron chi connectivity index (χ0n) is 10.5. The lowest BCUT2D eigenvalue weighted by atomic mass is 10.2. The van der Waals surface area contributed by atoms with E-state index in [9.17, 15) is 13.2 Å². The first kappa shape index (κ1) is 15.3. The quantitative estimate of drug-likeness (QED) is 0.822. The lowest BCUT2D eigenvalue weighted by Gasteiger charge is -2.11. The molecule has 0 spiro atoms. The van der Waals surface area contributed by atoms with Gasteiger partial charge in [0.25, 0.3) is 0 Å². The first-order valence-electron chi connectivity index (χ1n) is 5.76. The van der Waals surface area contributed by atoms with Gasteiger partial charge in [0.1, 0.15) is 23.9 Å². The van der Waals surface area contributed by atoms with Crippen molar-refractivity contribution in [1.29, 1.82) is 5.26 Å². The third-order valence-electron chi connectivity index (χ3n) is 2.59. The van der Waals surface area contributed by atoms with Crippen LogP contribution in [0.25, 0.3) is 0 Å². The number of aromatic nitrogens is 1. The second-order valence-corrected chi connectivity index (χ2v) is 4.89. The zero-order chi connectivity index (χ0) is 15.5. The minimum absolute atomic E-state index is 0.00438. The summed E-state index contributed by atoms with van der Waals surface area (Å²) in [5.41, 5.74) is -0.403. The van der Waals surface area contributed by atoms with Gasteiger partial charge >= 0.3 is 6.18 Å². The van der Waals surface area contributed by atoms with E-state index in [4.69, 9.17) is 10.00 Å². The number of rotatable bonds is 3. The van der Waals surface area contributed by atoms with Gasteiger partial charge in [-0.2, -0.15) is 18.4 Å². The number of hydrogen-bond acceptors (Lipinski definition) is 3. The van der Waals surface area contributed by atoms with Crippen LogP contribution in [-0.2, 0) is 12.8 Å². The molecule has 3 nitrogen and oxygen atoms in total. The average Bonchev–Trinajstić information content (AvgIpc) is 2.45. The largest absolute Gasteiger partial charge is 0.472 e. The second kappa shape index (κ2) is 6.14. The van der Waals surface area contributed by atoms with Crippen molar-refractivity contribution in [1.82, 2.24) is 4.98 Å². The van der Waals surface area contributed by atoms with Gasteiger partial charge in [-0.3, -0.25) is 0 Å². The minimum Gasteiger partial charge on any atom is -0.472 e. The van der Waals surface area contributed by atoms with Crippen molar-refractivity contribution < 1.29 is 17.9 Å². The molecule has 0 aliphatic carbocycles. The molecule has 0 amide bonds. The maximum atomic E-state index is 12.6. The Morgan fingerprint density at radius 3 is 2.52 bits per heavy atom. The van der Waals surface area contributed by atoms with Gasteiger partial charge in [-0.05, 0) is 18.2 Å². The summed E-state index contributed by atoms with van der Waals surface area (Å²) in [5, 5.41) is 8.90. The van der Waals surface area contributed by atoms with Gasteiger partial charge in [-0.1, -0.05) is 34.1 Å². The Bertz CT molecular complexity index is 695. The number of nitriles is 1. The number of nitrogens with zero attached hydrogens (tertiary/aromatic N) is 2. The van der Waals surface area contributed by atoms with Crippen LogP contribution in [0.15, 0.2) is 40.9 Å².